The number of amides is 1. The van der Waals surface area contributed by atoms with E-state index in [2.05, 4.69) is 5.32 Å². The quantitative estimate of drug-likeness (QED) is 0.391. The fourth-order valence-electron chi connectivity index (χ4n) is 2.52. The molecule has 0 bridgehead atoms. The van der Waals surface area contributed by atoms with Gasteiger partial charge in [-0.3, -0.25) is 9.59 Å². The first-order valence-corrected chi connectivity index (χ1v) is 10.8. The van der Waals surface area contributed by atoms with Gasteiger partial charge in [0.2, 0.25) is 0 Å². The van der Waals surface area contributed by atoms with Crippen molar-refractivity contribution in [1.29, 1.82) is 0 Å². The molecule has 0 aliphatic rings. The summed E-state index contributed by atoms with van der Waals surface area (Å²) in [5.41, 5.74) is 1.09. The van der Waals surface area contributed by atoms with Crippen LogP contribution in [0.1, 0.15) is 5.56 Å². The topological polar surface area (TPSA) is 55.4 Å². The Bertz CT molecular complexity index is 1040. The zero-order valence-corrected chi connectivity index (χ0v) is 18.6. The molecule has 4 nitrogen and oxygen atoms in total. The molecular formula is C22H16Cl3NO3S. The highest BCUT2D eigenvalue weighted by Crippen LogP contribution is 2.33. The van der Waals surface area contributed by atoms with E-state index in [0.717, 1.165) is 9.79 Å². The van der Waals surface area contributed by atoms with E-state index in [-0.39, 0.29) is 6.42 Å². The fourth-order valence-corrected chi connectivity index (χ4v) is 4.08. The zero-order valence-electron chi connectivity index (χ0n) is 15.5. The van der Waals surface area contributed by atoms with Gasteiger partial charge < -0.3 is 10.1 Å². The summed E-state index contributed by atoms with van der Waals surface area (Å²) < 4.78 is 5.07. The summed E-state index contributed by atoms with van der Waals surface area (Å²) in [4.78, 5) is 26.2. The largest absolute Gasteiger partial charge is 0.455 e. The Kier molecular flexibility index (Phi) is 8.05. The van der Waals surface area contributed by atoms with Crippen molar-refractivity contribution >= 4 is 64.1 Å². The molecule has 8 heteroatoms. The second-order valence-corrected chi connectivity index (χ2v) is 8.50. The maximum Gasteiger partial charge on any atom is 0.310 e. The Morgan fingerprint density at radius 2 is 1.53 bits per heavy atom. The van der Waals surface area contributed by atoms with E-state index < -0.39 is 18.5 Å². The Hall–Kier alpha value is -2.18. The van der Waals surface area contributed by atoms with Gasteiger partial charge in [-0.15, -0.1) is 0 Å². The summed E-state index contributed by atoms with van der Waals surface area (Å²) in [5, 5.41) is 4.17. The highest BCUT2D eigenvalue weighted by atomic mass is 35.5. The number of rotatable bonds is 7. The van der Waals surface area contributed by atoms with E-state index >= 15 is 0 Å². The second kappa shape index (κ2) is 10.7. The minimum Gasteiger partial charge on any atom is -0.455 e. The molecule has 0 fully saturated rings. The van der Waals surface area contributed by atoms with E-state index in [0.29, 0.717) is 26.3 Å². The van der Waals surface area contributed by atoms with Gasteiger partial charge in [0.25, 0.3) is 5.91 Å². The number of para-hydroxylation sites is 1. The number of halogens is 3. The lowest BCUT2D eigenvalue weighted by molar-refractivity contribution is -0.146. The Balaban J connectivity index is 1.57. The van der Waals surface area contributed by atoms with E-state index in [4.69, 9.17) is 39.5 Å². The van der Waals surface area contributed by atoms with Crippen molar-refractivity contribution in [2.45, 2.75) is 16.2 Å². The standard InChI is InChI=1S/C22H16Cl3NO3S/c23-14-8-10-15(11-9-14)30-20-7-2-1-6-19(20)26-21(27)13-29-22(28)12-16-17(24)4-3-5-18(16)25/h1-11H,12-13H2,(H,26,27). The molecule has 3 aromatic rings. The van der Waals surface area contributed by atoms with Crippen LogP contribution < -0.4 is 5.32 Å². The molecule has 0 unspecified atom stereocenters. The first-order valence-electron chi connectivity index (χ1n) is 8.83. The molecule has 0 saturated heterocycles. The molecule has 0 heterocycles. The van der Waals surface area contributed by atoms with Crippen molar-refractivity contribution in [3.05, 3.63) is 87.4 Å². The number of carbonyl (C=O) groups is 2. The molecule has 1 amide bonds. The van der Waals surface area contributed by atoms with Crippen molar-refractivity contribution < 1.29 is 14.3 Å². The molecule has 30 heavy (non-hydrogen) atoms. The van der Waals surface area contributed by atoms with Crippen molar-refractivity contribution in [3.8, 4) is 0 Å². The van der Waals surface area contributed by atoms with Gasteiger partial charge in [0.05, 0.1) is 12.1 Å². The smallest absolute Gasteiger partial charge is 0.310 e. The van der Waals surface area contributed by atoms with Crippen LogP contribution in [-0.4, -0.2) is 18.5 Å². The molecule has 3 rings (SSSR count). The highest BCUT2D eigenvalue weighted by molar-refractivity contribution is 7.99. The predicted molar refractivity (Wildman–Crippen MR) is 122 cm³/mol. The number of carbonyl (C=O) groups excluding carboxylic acids is 2. The van der Waals surface area contributed by atoms with Crippen LogP contribution in [0.2, 0.25) is 15.1 Å². The SMILES string of the molecule is O=C(COC(=O)Cc1c(Cl)cccc1Cl)Nc1ccccc1Sc1ccc(Cl)cc1. The van der Waals surface area contributed by atoms with Crippen LogP contribution in [0.5, 0.6) is 0 Å². The number of ether oxygens (including phenoxy) is 1. The lowest BCUT2D eigenvalue weighted by atomic mass is 10.1. The summed E-state index contributed by atoms with van der Waals surface area (Å²) in [7, 11) is 0. The summed E-state index contributed by atoms with van der Waals surface area (Å²) in [6.45, 7) is -0.416. The van der Waals surface area contributed by atoms with Gasteiger partial charge in [0.1, 0.15) is 0 Å². The van der Waals surface area contributed by atoms with Gasteiger partial charge in [-0.1, -0.05) is 64.8 Å². The Labute approximate surface area is 193 Å². The lowest BCUT2D eigenvalue weighted by Gasteiger charge is -2.11. The van der Waals surface area contributed by atoms with Crippen molar-refractivity contribution in [2.75, 3.05) is 11.9 Å². The van der Waals surface area contributed by atoms with Gasteiger partial charge in [-0.2, -0.15) is 0 Å². The van der Waals surface area contributed by atoms with Crippen LogP contribution in [-0.2, 0) is 20.7 Å². The number of anilines is 1. The number of esters is 1. The van der Waals surface area contributed by atoms with Crippen LogP contribution in [0.15, 0.2) is 76.5 Å². The molecule has 3 aromatic carbocycles. The Morgan fingerprint density at radius 3 is 2.23 bits per heavy atom. The van der Waals surface area contributed by atoms with Crippen LogP contribution in [0.25, 0.3) is 0 Å². The molecule has 0 radical (unpaired) electrons. The van der Waals surface area contributed by atoms with Crippen LogP contribution in [0, 0.1) is 0 Å². The van der Waals surface area contributed by atoms with Crippen LogP contribution in [0.4, 0.5) is 5.69 Å². The van der Waals surface area contributed by atoms with Gasteiger partial charge in [0.15, 0.2) is 6.61 Å². The van der Waals surface area contributed by atoms with E-state index in [9.17, 15) is 9.59 Å². The fraction of sp³-hybridized carbons (Fsp3) is 0.0909. The second-order valence-electron chi connectivity index (χ2n) is 6.14. The lowest BCUT2D eigenvalue weighted by Crippen LogP contribution is -2.22. The number of benzene rings is 3. The van der Waals surface area contributed by atoms with Crippen LogP contribution >= 0.6 is 46.6 Å². The first-order chi connectivity index (χ1) is 14.4. The predicted octanol–water partition coefficient (Wildman–Crippen LogP) is 6.52. The van der Waals surface area contributed by atoms with Gasteiger partial charge in [-0.25, -0.2) is 0 Å². The molecule has 0 aromatic heterocycles. The average molecular weight is 481 g/mol. The van der Waals surface area contributed by atoms with Crippen molar-refractivity contribution in [1.82, 2.24) is 0 Å². The third-order valence-corrected chi connectivity index (χ3v) is 5.99. The van der Waals surface area contributed by atoms with E-state index in [1.807, 2.05) is 30.3 Å². The maximum atomic E-state index is 12.3. The number of nitrogens with one attached hydrogen (secondary N) is 1. The van der Waals surface area contributed by atoms with Gasteiger partial charge >= 0.3 is 5.97 Å². The molecular weight excluding hydrogens is 465 g/mol. The summed E-state index contributed by atoms with van der Waals surface area (Å²) in [6.07, 6.45) is -0.116. The molecule has 0 saturated carbocycles. The third-order valence-electron chi connectivity index (χ3n) is 3.95. The number of hydrogen-bond acceptors (Lipinski definition) is 4. The van der Waals surface area contributed by atoms with Gasteiger partial charge in [0, 0.05) is 30.4 Å². The third kappa shape index (κ3) is 6.41. The van der Waals surface area contributed by atoms with Crippen molar-refractivity contribution in [3.63, 3.8) is 0 Å². The monoisotopic (exact) mass is 479 g/mol. The first kappa shape index (κ1) is 22.5. The molecule has 0 spiro atoms. The van der Waals surface area contributed by atoms with Crippen molar-refractivity contribution in [2.24, 2.45) is 0 Å². The van der Waals surface area contributed by atoms with Crippen LogP contribution in [0.3, 0.4) is 0 Å². The molecule has 154 valence electrons. The van der Waals surface area contributed by atoms with E-state index in [1.165, 1.54) is 11.8 Å². The molecule has 0 atom stereocenters. The molecule has 0 aliphatic carbocycles. The summed E-state index contributed by atoms with van der Waals surface area (Å²) in [6, 6.07) is 19.7. The summed E-state index contributed by atoms with van der Waals surface area (Å²) in [5.74, 6) is -1.04. The maximum absolute atomic E-state index is 12.3. The number of hydrogen-bond donors (Lipinski definition) is 1. The van der Waals surface area contributed by atoms with Gasteiger partial charge in [-0.05, 0) is 48.5 Å². The minimum atomic E-state index is -0.594. The molecule has 0 aliphatic heterocycles. The normalized spacial score (nSPS) is 10.5. The van der Waals surface area contributed by atoms with E-state index in [1.54, 1.807) is 36.4 Å². The highest BCUT2D eigenvalue weighted by Gasteiger charge is 2.14. The Morgan fingerprint density at radius 1 is 0.867 bits per heavy atom. The summed E-state index contributed by atoms with van der Waals surface area (Å²) >= 11 is 19.5. The molecule has 1 N–H and O–H groups in total. The zero-order chi connectivity index (χ0) is 21.5. The minimum absolute atomic E-state index is 0.116. The average Bonchev–Trinajstić information content (AvgIpc) is 2.72.